The standard InChI is InChI=1S/C22H16F6O/c1-11-2-5-15-12(8-11)3-6-16(19(15)24)13-4-7-17-14(9-13)10-18(23)21(20(17)25)29-22(26,27)28/h2-3,5-6,8,10,13H,4,7,9H2,1H3. The molecule has 1 atom stereocenters. The van der Waals surface area contributed by atoms with E-state index in [1.54, 1.807) is 24.3 Å². The molecule has 0 saturated heterocycles. The number of fused-ring (bicyclic) bond motifs is 2. The van der Waals surface area contributed by atoms with Crippen molar-refractivity contribution in [2.45, 2.75) is 38.5 Å². The van der Waals surface area contributed by atoms with Crippen LogP contribution in [0.1, 0.15) is 34.6 Å². The summed E-state index contributed by atoms with van der Waals surface area (Å²) in [5.74, 6) is -4.92. The first kappa shape index (κ1) is 19.6. The number of ether oxygens (including phenoxy) is 1. The first-order valence-electron chi connectivity index (χ1n) is 9.08. The van der Waals surface area contributed by atoms with Gasteiger partial charge in [-0.1, -0.05) is 35.9 Å². The van der Waals surface area contributed by atoms with Crippen molar-refractivity contribution < 1.29 is 31.1 Å². The molecule has 3 aromatic carbocycles. The van der Waals surface area contributed by atoms with Gasteiger partial charge in [0.25, 0.3) is 0 Å². The van der Waals surface area contributed by atoms with Crippen LogP contribution in [0, 0.1) is 24.4 Å². The van der Waals surface area contributed by atoms with Crippen LogP contribution in [0.4, 0.5) is 26.3 Å². The maximum absolute atomic E-state index is 15.1. The summed E-state index contributed by atoms with van der Waals surface area (Å²) in [4.78, 5) is 0. The van der Waals surface area contributed by atoms with E-state index in [2.05, 4.69) is 4.74 Å². The molecule has 0 heterocycles. The Bertz CT molecular complexity index is 1100. The molecule has 4 rings (SSSR count). The second-order valence-corrected chi connectivity index (χ2v) is 7.32. The molecule has 1 nitrogen and oxygen atoms in total. The van der Waals surface area contributed by atoms with Crippen molar-refractivity contribution in [2.75, 3.05) is 0 Å². The Morgan fingerprint density at radius 3 is 2.45 bits per heavy atom. The van der Waals surface area contributed by atoms with Crippen LogP contribution in [0.15, 0.2) is 36.4 Å². The third-order valence-electron chi connectivity index (χ3n) is 5.38. The number of aryl methyl sites for hydroxylation is 1. The van der Waals surface area contributed by atoms with Gasteiger partial charge in [0.2, 0.25) is 5.75 Å². The molecule has 0 aliphatic heterocycles. The van der Waals surface area contributed by atoms with E-state index in [0.29, 0.717) is 17.4 Å². The van der Waals surface area contributed by atoms with E-state index in [-0.39, 0.29) is 35.7 Å². The fourth-order valence-electron chi connectivity index (χ4n) is 4.05. The molecule has 0 spiro atoms. The maximum atomic E-state index is 15.1. The van der Waals surface area contributed by atoms with Gasteiger partial charge in [0.05, 0.1) is 0 Å². The monoisotopic (exact) mass is 410 g/mol. The van der Waals surface area contributed by atoms with Gasteiger partial charge in [-0.05, 0) is 60.2 Å². The second kappa shape index (κ2) is 6.97. The largest absolute Gasteiger partial charge is 0.573 e. The zero-order valence-corrected chi connectivity index (χ0v) is 15.3. The van der Waals surface area contributed by atoms with Gasteiger partial charge in [-0.25, -0.2) is 13.2 Å². The van der Waals surface area contributed by atoms with Crippen LogP contribution in [0.5, 0.6) is 5.75 Å². The van der Waals surface area contributed by atoms with E-state index in [4.69, 9.17) is 0 Å². The predicted molar refractivity (Wildman–Crippen MR) is 96.5 cm³/mol. The minimum absolute atomic E-state index is 0.0151. The molecule has 0 saturated carbocycles. The molecule has 0 N–H and O–H groups in total. The molecule has 1 aliphatic rings. The highest BCUT2D eigenvalue weighted by atomic mass is 19.4. The van der Waals surface area contributed by atoms with Gasteiger partial charge < -0.3 is 4.74 Å². The van der Waals surface area contributed by atoms with Gasteiger partial charge in [0.1, 0.15) is 5.82 Å². The lowest BCUT2D eigenvalue weighted by atomic mass is 9.79. The average molecular weight is 410 g/mol. The van der Waals surface area contributed by atoms with E-state index in [1.165, 1.54) is 0 Å². The highest BCUT2D eigenvalue weighted by Gasteiger charge is 2.36. The summed E-state index contributed by atoms with van der Waals surface area (Å²) in [5, 5.41) is 1.22. The number of hydrogen-bond donors (Lipinski definition) is 0. The van der Waals surface area contributed by atoms with Crippen molar-refractivity contribution in [3.63, 3.8) is 0 Å². The van der Waals surface area contributed by atoms with Crippen LogP contribution in [-0.4, -0.2) is 6.36 Å². The summed E-state index contributed by atoms with van der Waals surface area (Å²) in [5.41, 5.74) is 1.65. The molecule has 0 bridgehead atoms. The SMILES string of the molecule is Cc1ccc2c(F)c(C3CCc4c(cc(F)c(OC(F)(F)F)c4F)C3)ccc2c1. The molecule has 7 heteroatoms. The minimum atomic E-state index is -5.19. The smallest absolute Gasteiger partial charge is 0.399 e. The number of alkyl halides is 3. The van der Waals surface area contributed by atoms with E-state index in [0.717, 1.165) is 17.0 Å². The number of hydrogen-bond acceptors (Lipinski definition) is 1. The van der Waals surface area contributed by atoms with Crippen LogP contribution >= 0.6 is 0 Å². The Morgan fingerprint density at radius 1 is 0.966 bits per heavy atom. The third kappa shape index (κ3) is 3.66. The molecule has 29 heavy (non-hydrogen) atoms. The molecule has 1 aliphatic carbocycles. The van der Waals surface area contributed by atoms with Crippen molar-refractivity contribution in [2.24, 2.45) is 0 Å². The zero-order valence-electron chi connectivity index (χ0n) is 15.3. The Balaban J connectivity index is 1.70. The molecule has 0 amide bonds. The quantitative estimate of drug-likeness (QED) is 0.425. The Labute approximate surface area is 162 Å². The van der Waals surface area contributed by atoms with Crippen molar-refractivity contribution in [3.05, 3.63) is 76.1 Å². The number of halogens is 6. The van der Waals surface area contributed by atoms with Crippen LogP contribution < -0.4 is 4.74 Å². The molecular formula is C22H16F6O. The van der Waals surface area contributed by atoms with Crippen molar-refractivity contribution in [3.8, 4) is 5.75 Å². The van der Waals surface area contributed by atoms with Gasteiger partial charge in [-0.2, -0.15) is 0 Å². The van der Waals surface area contributed by atoms with Crippen LogP contribution in [0.2, 0.25) is 0 Å². The van der Waals surface area contributed by atoms with Crippen LogP contribution in [0.3, 0.4) is 0 Å². The van der Waals surface area contributed by atoms with Crippen molar-refractivity contribution >= 4 is 10.8 Å². The van der Waals surface area contributed by atoms with Gasteiger partial charge in [0, 0.05) is 5.39 Å². The topological polar surface area (TPSA) is 9.23 Å². The van der Waals surface area contributed by atoms with E-state index in [9.17, 15) is 22.0 Å². The first-order chi connectivity index (χ1) is 13.6. The van der Waals surface area contributed by atoms with Crippen molar-refractivity contribution in [1.82, 2.24) is 0 Å². The first-order valence-corrected chi connectivity index (χ1v) is 9.08. The maximum Gasteiger partial charge on any atom is 0.573 e. The molecule has 3 aromatic rings. The predicted octanol–water partition coefficient (Wildman–Crippen LogP) is 6.74. The second-order valence-electron chi connectivity index (χ2n) is 7.32. The summed E-state index contributed by atoms with van der Waals surface area (Å²) in [6, 6.07) is 9.69. The highest BCUT2D eigenvalue weighted by molar-refractivity contribution is 5.84. The Kier molecular flexibility index (Phi) is 4.71. The van der Waals surface area contributed by atoms with E-state index >= 15 is 4.39 Å². The zero-order chi connectivity index (χ0) is 20.9. The van der Waals surface area contributed by atoms with Crippen molar-refractivity contribution in [1.29, 1.82) is 0 Å². The lowest BCUT2D eigenvalue weighted by molar-refractivity contribution is -0.276. The molecule has 152 valence electrons. The Hall–Kier alpha value is -2.70. The van der Waals surface area contributed by atoms with Gasteiger partial charge in [-0.3, -0.25) is 0 Å². The molecule has 0 fully saturated rings. The number of rotatable bonds is 2. The fourth-order valence-corrected chi connectivity index (χ4v) is 4.05. The normalized spacial score (nSPS) is 16.7. The summed E-state index contributed by atoms with van der Waals surface area (Å²) >= 11 is 0. The number of benzene rings is 3. The lowest BCUT2D eigenvalue weighted by Crippen LogP contribution is -2.21. The van der Waals surface area contributed by atoms with Crippen LogP contribution in [-0.2, 0) is 12.8 Å². The van der Waals surface area contributed by atoms with E-state index < -0.39 is 23.7 Å². The molecule has 1 unspecified atom stereocenters. The fraction of sp³-hybridized carbons (Fsp3) is 0.273. The molecule has 0 aromatic heterocycles. The summed E-state index contributed by atoms with van der Waals surface area (Å²) in [7, 11) is 0. The van der Waals surface area contributed by atoms with Gasteiger partial charge in [0.15, 0.2) is 11.6 Å². The summed E-state index contributed by atoms with van der Waals surface area (Å²) in [6.07, 6.45) is -4.68. The summed E-state index contributed by atoms with van der Waals surface area (Å²) in [6.45, 7) is 1.91. The van der Waals surface area contributed by atoms with Crippen LogP contribution in [0.25, 0.3) is 10.8 Å². The van der Waals surface area contributed by atoms with Gasteiger partial charge >= 0.3 is 6.36 Å². The summed E-state index contributed by atoms with van der Waals surface area (Å²) < 4.78 is 84.4. The minimum Gasteiger partial charge on any atom is -0.399 e. The lowest BCUT2D eigenvalue weighted by Gasteiger charge is -2.27. The van der Waals surface area contributed by atoms with E-state index in [1.807, 2.05) is 13.0 Å². The van der Waals surface area contributed by atoms with Gasteiger partial charge in [-0.15, -0.1) is 13.2 Å². The molecular weight excluding hydrogens is 394 g/mol. The molecule has 0 radical (unpaired) electrons. The highest BCUT2D eigenvalue weighted by Crippen LogP contribution is 2.40. The average Bonchev–Trinajstić information content (AvgIpc) is 2.64. The third-order valence-corrected chi connectivity index (χ3v) is 5.38. The Morgan fingerprint density at radius 2 is 1.72 bits per heavy atom.